The third-order valence-corrected chi connectivity index (χ3v) is 5.30. The molecule has 1 aromatic heterocycles. The molecule has 0 amide bonds. The molecule has 21 heavy (non-hydrogen) atoms. The van der Waals surface area contributed by atoms with E-state index in [9.17, 15) is 0 Å². The molecule has 2 aliphatic rings. The first-order chi connectivity index (χ1) is 10.1. The first-order valence-electron chi connectivity index (χ1n) is 8.06. The van der Waals surface area contributed by atoms with E-state index in [0.29, 0.717) is 5.41 Å². The van der Waals surface area contributed by atoms with Crippen LogP contribution in [0.4, 0.5) is 0 Å². The Hall–Kier alpha value is -1.13. The van der Waals surface area contributed by atoms with E-state index in [-0.39, 0.29) is 0 Å². The molecule has 2 saturated heterocycles. The van der Waals surface area contributed by atoms with Crippen LogP contribution in [0.5, 0.6) is 5.88 Å². The van der Waals surface area contributed by atoms with Crippen molar-refractivity contribution in [1.29, 1.82) is 0 Å². The maximum Gasteiger partial charge on any atom is 0.213 e. The average molecular weight is 289 g/mol. The molecule has 3 rings (SSSR count). The van der Waals surface area contributed by atoms with Gasteiger partial charge in [-0.05, 0) is 69.3 Å². The van der Waals surface area contributed by atoms with Gasteiger partial charge in [0.25, 0.3) is 0 Å². The number of nitrogens with zero attached hydrogens (tertiary/aromatic N) is 2. The van der Waals surface area contributed by atoms with Crippen molar-refractivity contribution < 1.29 is 4.74 Å². The molecule has 3 heterocycles. The average Bonchev–Trinajstić information content (AvgIpc) is 2.86. The van der Waals surface area contributed by atoms with Crippen LogP contribution in [-0.4, -0.2) is 43.2 Å². The van der Waals surface area contributed by atoms with Gasteiger partial charge in [-0.25, -0.2) is 4.98 Å². The van der Waals surface area contributed by atoms with E-state index in [1.807, 2.05) is 0 Å². The second kappa shape index (κ2) is 5.93. The van der Waals surface area contributed by atoms with Crippen molar-refractivity contribution in [2.75, 3.05) is 33.3 Å². The molecule has 116 valence electrons. The predicted octanol–water partition coefficient (Wildman–Crippen LogP) is 2.28. The van der Waals surface area contributed by atoms with Crippen LogP contribution in [-0.2, 0) is 6.54 Å². The minimum absolute atomic E-state index is 0.576. The van der Waals surface area contributed by atoms with Crippen molar-refractivity contribution in [2.45, 2.75) is 39.7 Å². The van der Waals surface area contributed by atoms with E-state index in [2.05, 4.69) is 35.1 Å². The molecule has 1 N–H and O–H groups in total. The normalized spacial score (nSPS) is 21.9. The number of aryl methyl sites for hydroxylation is 2. The highest BCUT2D eigenvalue weighted by Gasteiger charge is 2.38. The van der Waals surface area contributed by atoms with Gasteiger partial charge in [-0.15, -0.1) is 0 Å². The lowest BCUT2D eigenvalue weighted by molar-refractivity contribution is 0.193. The number of hydrogen-bond acceptors (Lipinski definition) is 4. The smallest absolute Gasteiger partial charge is 0.213 e. The Kier molecular flexibility index (Phi) is 4.18. The van der Waals surface area contributed by atoms with Crippen molar-refractivity contribution in [3.05, 3.63) is 22.9 Å². The lowest BCUT2D eigenvalue weighted by Crippen LogP contribution is -2.38. The van der Waals surface area contributed by atoms with Gasteiger partial charge in [0.05, 0.1) is 7.11 Å². The number of nitrogens with one attached hydrogen (secondary N) is 1. The second-order valence-corrected chi connectivity index (χ2v) is 6.76. The summed E-state index contributed by atoms with van der Waals surface area (Å²) >= 11 is 0. The highest BCUT2D eigenvalue weighted by molar-refractivity contribution is 5.33. The molecule has 0 aromatic carbocycles. The van der Waals surface area contributed by atoms with Crippen LogP contribution in [0, 0.1) is 19.3 Å². The molecule has 2 aliphatic heterocycles. The highest BCUT2D eigenvalue weighted by atomic mass is 16.5. The summed E-state index contributed by atoms with van der Waals surface area (Å²) < 4.78 is 5.26. The zero-order valence-electron chi connectivity index (χ0n) is 13.5. The minimum atomic E-state index is 0.576. The Morgan fingerprint density at radius 2 is 2.05 bits per heavy atom. The molecule has 2 fully saturated rings. The number of ether oxygens (including phenoxy) is 1. The molecule has 0 bridgehead atoms. The largest absolute Gasteiger partial charge is 0.481 e. The van der Waals surface area contributed by atoms with Gasteiger partial charge >= 0.3 is 0 Å². The maximum atomic E-state index is 5.26. The molecule has 4 nitrogen and oxygen atoms in total. The fraction of sp³-hybridized carbons (Fsp3) is 0.706. The van der Waals surface area contributed by atoms with Crippen LogP contribution in [0.2, 0.25) is 0 Å². The molecular formula is C17H27N3O. The van der Waals surface area contributed by atoms with Gasteiger partial charge in [-0.1, -0.05) is 0 Å². The summed E-state index contributed by atoms with van der Waals surface area (Å²) in [4.78, 5) is 7.16. The lowest BCUT2D eigenvalue weighted by atomic mass is 9.78. The Balaban J connectivity index is 1.70. The molecular weight excluding hydrogens is 262 g/mol. The SMILES string of the molecule is COc1cc(C)c(CN2CCC3(CCNCC3)C2)c(C)n1. The molecule has 1 spiro atoms. The van der Waals surface area contributed by atoms with Gasteiger partial charge in [0.2, 0.25) is 5.88 Å². The summed E-state index contributed by atoms with van der Waals surface area (Å²) in [5.41, 5.74) is 4.36. The number of likely N-dealkylation sites (tertiary alicyclic amines) is 1. The Morgan fingerprint density at radius 3 is 2.71 bits per heavy atom. The topological polar surface area (TPSA) is 37.4 Å². The van der Waals surface area contributed by atoms with Gasteiger partial charge in [0.1, 0.15) is 0 Å². The summed E-state index contributed by atoms with van der Waals surface area (Å²) in [5, 5.41) is 3.49. The third-order valence-electron chi connectivity index (χ3n) is 5.30. The molecule has 1 aromatic rings. The first kappa shape index (κ1) is 14.8. The monoisotopic (exact) mass is 289 g/mol. The Labute approximate surface area is 127 Å². The summed E-state index contributed by atoms with van der Waals surface area (Å²) in [7, 11) is 1.68. The van der Waals surface area contributed by atoms with E-state index >= 15 is 0 Å². The van der Waals surface area contributed by atoms with Crippen LogP contribution in [0.1, 0.15) is 36.1 Å². The van der Waals surface area contributed by atoms with Gasteiger partial charge in [-0.2, -0.15) is 0 Å². The Morgan fingerprint density at radius 1 is 1.29 bits per heavy atom. The molecule has 0 aliphatic carbocycles. The molecule has 0 radical (unpaired) electrons. The lowest BCUT2D eigenvalue weighted by Gasteiger charge is -2.34. The van der Waals surface area contributed by atoms with Crippen molar-refractivity contribution in [3.8, 4) is 5.88 Å². The maximum absolute atomic E-state index is 5.26. The van der Waals surface area contributed by atoms with Crippen molar-refractivity contribution >= 4 is 0 Å². The van der Waals surface area contributed by atoms with Crippen LogP contribution >= 0.6 is 0 Å². The van der Waals surface area contributed by atoms with E-state index in [1.165, 1.54) is 56.6 Å². The van der Waals surface area contributed by atoms with Crippen LogP contribution in [0.15, 0.2) is 6.07 Å². The number of pyridine rings is 1. The molecule has 0 atom stereocenters. The van der Waals surface area contributed by atoms with E-state index in [0.717, 1.165) is 18.1 Å². The van der Waals surface area contributed by atoms with E-state index < -0.39 is 0 Å². The van der Waals surface area contributed by atoms with Gasteiger partial charge in [-0.3, -0.25) is 4.90 Å². The zero-order chi connectivity index (χ0) is 14.9. The van der Waals surface area contributed by atoms with Crippen molar-refractivity contribution in [1.82, 2.24) is 15.2 Å². The number of aromatic nitrogens is 1. The minimum Gasteiger partial charge on any atom is -0.481 e. The highest BCUT2D eigenvalue weighted by Crippen LogP contribution is 2.39. The van der Waals surface area contributed by atoms with E-state index in [4.69, 9.17) is 4.74 Å². The number of piperidine rings is 1. The number of methoxy groups -OCH3 is 1. The van der Waals surface area contributed by atoms with Crippen LogP contribution < -0.4 is 10.1 Å². The second-order valence-electron chi connectivity index (χ2n) is 6.76. The summed E-state index contributed by atoms with van der Waals surface area (Å²) in [6.07, 6.45) is 4.03. The number of hydrogen-bond donors (Lipinski definition) is 1. The van der Waals surface area contributed by atoms with Crippen molar-refractivity contribution in [2.24, 2.45) is 5.41 Å². The van der Waals surface area contributed by atoms with Gasteiger partial charge < -0.3 is 10.1 Å². The van der Waals surface area contributed by atoms with Gasteiger partial charge in [0, 0.05) is 24.8 Å². The predicted molar refractivity (Wildman–Crippen MR) is 84.7 cm³/mol. The summed E-state index contributed by atoms with van der Waals surface area (Å²) in [6, 6.07) is 2.05. The standard InChI is InChI=1S/C17H27N3O/c1-13-10-16(21-3)19-14(2)15(13)11-20-9-6-17(12-20)4-7-18-8-5-17/h10,18H,4-9,11-12H2,1-3H3. The van der Waals surface area contributed by atoms with E-state index in [1.54, 1.807) is 7.11 Å². The fourth-order valence-corrected chi connectivity index (χ4v) is 3.92. The van der Waals surface area contributed by atoms with Gasteiger partial charge in [0.15, 0.2) is 0 Å². The molecule has 0 saturated carbocycles. The zero-order valence-corrected chi connectivity index (χ0v) is 13.5. The van der Waals surface area contributed by atoms with Crippen LogP contribution in [0.3, 0.4) is 0 Å². The number of rotatable bonds is 3. The van der Waals surface area contributed by atoms with Crippen LogP contribution in [0.25, 0.3) is 0 Å². The first-order valence-corrected chi connectivity index (χ1v) is 8.06. The molecule has 0 unspecified atom stereocenters. The van der Waals surface area contributed by atoms with Crippen molar-refractivity contribution in [3.63, 3.8) is 0 Å². The summed E-state index contributed by atoms with van der Waals surface area (Å²) in [6.45, 7) is 10.2. The third kappa shape index (κ3) is 3.06. The quantitative estimate of drug-likeness (QED) is 0.926. The molecule has 4 heteroatoms. The summed E-state index contributed by atoms with van der Waals surface area (Å²) in [5.74, 6) is 0.727. The Bertz CT molecular complexity index is 486. The fourth-order valence-electron chi connectivity index (χ4n) is 3.92.